The number of hydrogen-bond acceptors (Lipinski definition) is 4. The SMILES string of the molecule is CNNC(=O)c1cccc(N)c1OC. The number of para-hydroxylation sites is 1. The van der Waals surface area contributed by atoms with Crippen molar-refractivity contribution >= 4 is 11.6 Å². The molecule has 0 radical (unpaired) electrons. The summed E-state index contributed by atoms with van der Waals surface area (Å²) >= 11 is 0. The number of nitrogens with one attached hydrogen (secondary N) is 2. The summed E-state index contributed by atoms with van der Waals surface area (Å²) in [6.07, 6.45) is 0. The highest BCUT2D eigenvalue weighted by Gasteiger charge is 2.12. The first-order valence-electron chi connectivity index (χ1n) is 4.10. The Bertz CT molecular complexity index is 339. The van der Waals surface area contributed by atoms with Crippen LogP contribution >= 0.6 is 0 Å². The van der Waals surface area contributed by atoms with Crippen molar-refractivity contribution in [3.05, 3.63) is 23.8 Å². The van der Waals surface area contributed by atoms with Crippen molar-refractivity contribution < 1.29 is 9.53 Å². The van der Waals surface area contributed by atoms with Crippen LogP contribution in [0.25, 0.3) is 0 Å². The van der Waals surface area contributed by atoms with E-state index in [1.54, 1.807) is 25.2 Å². The lowest BCUT2D eigenvalue weighted by atomic mass is 10.1. The van der Waals surface area contributed by atoms with Crippen molar-refractivity contribution in [2.75, 3.05) is 19.9 Å². The molecule has 4 N–H and O–H groups in total. The second-order valence-corrected chi connectivity index (χ2v) is 2.63. The molecule has 0 atom stereocenters. The van der Waals surface area contributed by atoms with Gasteiger partial charge in [-0.3, -0.25) is 10.2 Å². The number of rotatable bonds is 3. The van der Waals surface area contributed by atoms with Crippen LogP contribution in [0.1, 0.15) is 10.4 Å². The average Bonchev–Trinajstić information content (AvgIpc) is 2.17. The number of amides is 1. The molecule has 0 aromatic heterocycles. The fraction of sp³-hybridized carbons (Fsp3) is 0.222. The van der Waals surface area contributed by atoms with Gasteiger partial charge in [0, 0.05) is 7.05 Å². The van der Waals surface area contributed by atoms with E-state index >= 15 is 0 Å². The van der Waals surface area contributed by atoms with Gasteiger partial charge in [0.25, 0.3) is 5.91 Å². The Balaban J connectivity index is 3.07. The van der Waals surface area contributed by atoms with Crippen LogP contribution < -0.4 is 21.3 Å². The molecule has 0 aliphatic heterocycles. The van der Waals surface area contributed by atoms with Gasteiger partial charge in [-0.1, -0.05) is 6.07 Å². The predicted molar refractivity (Wildman–Crippen MR) is 53.9 cm³/mol. The minimum Gasteiger partial charge on any atom is -0.494 e. The van der Waals surface area contributed by atoms with Crippen LogP contribution in [-0.2, 0) is 0 Å². The van der Waals surface area contributed by atoms with Crippen LogP contribution in [-0.4, -0.2) is 20.1 Å². The fourth-order valence-electron chi connectivity index (χ4n) is 1.14. The summed E-state index contributed by atoms with van der Waals surface area (Å²) in [5.74, 6) is 0.108. The molecule has 0 fully saturated rings. The van der Waals surface area contributed by atoms with Crippen molar-refractivity contribution in [3.8, 4) is 5.75 Å². The Morgan fingerprint density at radius 3 is 2.79 bits per heavy atom. The summed E-state index contributed by atoms with van der Waals surface area (Å²) < 4.78 is 5.03. The zero-order valence-corrected chi connectivity index (χ0v) is 8.13. The maximum Gasteiger partial charge on any atom is 0.269 e. The normalized spacial score (nSPS) is 9.57. The molecule has 5 nitrogen and oxygen atoms in total. The molecule has 0 saturated carbocycles. The van der Waals surface area contributed by atoms with Crippen molar-refractivity contribution in [2.45, 2.75) is 0 Å². The highest BCUT2D eigenvalue weighted by Crippen LogP contribution is 2.25. The van der Waals surface area contributed by atoms with Gasteiger partial charge in [0.1, 0.15) is 0 Å². The third kappa shape index (κ3) is 1.94. The summed E-state index contributed by atoms with van der Waals surface area (Å²) in [6.45, 7) is 0. The van der Waals surface area contributed by atoms with Gasteiger partial charge in [-0.15, -0.1) is 0 Å². The van der Waals surface area contributed by atoms with Crippen molar-refractivity contribution in [3.63, 3.8) is 0 Å². The highest BCUT2D eigenvalue weighted by molar-refractivity contribution is 5.98. The van der Waals surface area contributed by atoms with Crippen molar-refractivity contribution in [1.82, 2.24) is 10.9 Å². The van der Waals surface area contributed by atoms with Gasteiger partial charge in [0.05, 0.1) is 18.4 Å². The second kappa shape index (κ2) is 4.48. The van der Waals surface area contributed by atoms with Crippen molar-refractivity contribution in [2.24, 2.45) is 0 Å². The molecule has 5 heteroatoms. The van der Waals surface area contributed by atoms with Gasteiger partial charge < -0.3 is 10.5 Å². The minimum atomic E-state index is -0.281. The summed E-state index contributed by atoms with van der Waals surface area (Å²) in [7, 11) is 3.08. The third-order valence-corrected chi connectivity index (χ3v) is 1.73. The zero-order chi connectivity index (χ0) is 10.6. The molecule has 1 aromatic rings. The molecular weight excluding hydrogens is 182 g/mol. The number of methoxy groups -OCH3 is 1. The van der Waals surface area contributed by atoms with E-state index in [0.717, 1.165) is 0 Å². The first kappa shape index (κ1) is 10.3. The lowest BCUT2D eigenvalue weighted by Crippen LogP contribution is -2.34. The van der Waals surface area contributed by atoms with E-state index in [0.29, 0.717) is 17.0 Å². The topological polar surface area (TPSA) is 76.4 Å². The smallest absolute Gasteiger partial charge is 0.269 e. The van der Waals surface area contributed by atoms with Crippen LogP contribution in [0.2, 0.25) is 0 Å². The zero-order valence-electron chi connectivity index (χ0n) is 8.13. The quantitative estimate of drug-likeness (QED) is 0.473. The molecule has 1 amide bonds. The van der Waals surface area contributed by atoms with Crippen LogP contribution in [0.15, 0.2) is 18.2 Å². The molecule has 0 unspecified atom stereocenters. The standard InChI is InChI=1S/C9H13N3O2/c1-11-12-9(13)6-4-3-5-7(10)8(6)14-2/h3-5,11H,10H2,1-2H3,(H,12,13). The summed E-state index contributed by atoms with van der Waals surface area (Å²) in [6, 6.07) is 5.01. The Kier molecular flexibility index (Phi) is 3.30. The van der Waals surface area contributed by atoms with E-state index in [4.69, 9.17) is 10.5 Å². The number of hydrogen-bond donors (Lipinski definition) is 3. The van der Waals surface area contributed by atoms with E-state index in [2.05, 4.69) is 10.9 Å². The lowest BCUT2D eigenvalue weighted by Gasteiger charge is -2.10. The molecule has 0 saturated heterocycles. The van der Waals surface area contributed by atoms with Crippen LogP contribution in [0.4, 0.5) is 5.69 Å². The summed E-state index contributed by atoms with van der Waals surface area (Å²) in [5.41, 5.74) is 11.5. The molecule has 14 heavy (non-hydrogen) atoms. The third-order valence-electron chi connectivity index (χ3n) is 1.73. The Morgan fingerprint density at radius 2 is 2.21 bits per heavy atom. The van der Waals surface area contributed by atoms with Crippen LogP contribution in [0, 0.1) is 0 Å². The van der Waals surface area contributed by atoms with E-state index in [9.17, 15) is 4.79 Å². The first-order chi connectivity index (χ1) is 6.70. The van der Waals surface area contributed by atoms with Crippen molar-refractivity contribution in [1.29, 1.82) is 0 Å². The molecule has 0 bridgehead atoms. The summed E-state index contributed by atoms with van der Waals surface area (Å²) in [4.78, 5) is 11.5. The number of carbonyl (C=O) groups excluding carboxylic acids is 1. The number of benzene rings is 1. The van der Waals surface area contributed by atoms with Gasteiger partial charge >= 0.3 is 0 Å². The molecule has 0 heterocycles. The number of nitrogen functional groups attached to an aromatic ring is 1. The van der Waals surface area contributed by atoms with E-state index in [-0.39, 0.29) is 5.91 Å². The van der Waals surface area contributed by atoms with E-state index in [1.807, 2.05) is 0 Å². The molecule has 0 aliphatic rings. The average molecular weight is 195 g/mol. The maximum atomic E-state index is 11.5. The maximum absolute atomic E-state index is 11.5. The number of nitrogens with two attached hydrogens (primary N) is 1. The lowest BCUT2D eigenvalue weighted by molar-refractivity contribution is 0.0935. The van der Waals surface area contributed by atoms with E-state index in [1.165, 1.54) is 7.11 Å². The van der Waals surface area contributed by atoms with Gasteiger partial charge in [0.15, 0.2) is 5.75 Å². The minimum absolute atomic E-state index is 0.281. The van der Waals surface area contributed by atoms with Gasteiger partial charge in [-0.2, -0.15) is 0 Å². The van der Waals surface area contributed by atoms with Gasteiger partial charge in [-0.25, -0.2) is 5.43 Å². The number of carbonyl (C=O) groups is 1. The molecule has 0 spiro atoms. The van der Waals surface area contributed by atoms with Crippen LogP contribution in [0.3, 0.4) is 0 Å². The Morgan fingerprint density at radius 1 is 1.50 bits per heavy atom. The van der Waals surface area contributed by atoms with E-state index < -0.39 is 0 Å². The second-order valence-electron chi connectivity index (χ2n) is 2.63. The molecule has 76 valence electrons. The fourth-order valence-corrected chi connectivity index (χ4v) is 1.14. The predicted octanol–water partition coefficient (Wildman–Crippen LogP) is 0.142. The number of ether oxygens (including phenoxy) is 1. The molecular formula is C9H13N3O2. The molecule has 1 rings (SSSR count). The Hall–Kier alpha value is -1.75. The highest BCUT2D eigenvalue weighted by atomic mass is 16.5. The monoisotopic (exact) mass is 195 g/mol. The largest absolute Gasteiger partial charge is 0.494 e. The van der Waals surface area contributed by atoms with Gasteiger partial charge in [-0.05, 0) is 12.1 Å². The summed E-state index contributed by atoms with van der Waals surface area (Å²) in [5, 5.41) is 0. The van der Waals surface area contributed by atoms with Gasteiger partial charge in [0.2, 0.25) is 0 Å². The number of anilines is 1. The molecule has 0 aliphatic carbocycles. The number of hydrazine groups is 1. The van der Waals surface area contributed by atoms with Crippen LogP contribution in [0.5, 0.6) is 5.75 Å². The molecule has 1 aromatic carbocycles. The Labute approximate surface area is 82.2 Å². The first-order valence-corrected chi connectivity index (χ1v) is 4.10.